The first-order valence-corrected chi connectivity index (χ1v) is 22.6. The molecule has 1 nitrogen and oxygen atoms in total. The Morgan fingerprint density at radius 1 is 0.234 bits per heavy atom. The first kappa shape index (κ1) is 35.8. The van der Waals surface area contributed by atoms with E-state index in [9.17, 15) is 0 Å². The average Bonchev–Trinajstić information content (AvgIpc) is 4.09. The van der Waals surface area contributed by atoms with Gasteiger partial charge in [0.2, 0.25) is 20.1 Å². The van der Waals surface area contributed by atoms with Gasteiger partial charge in [-0.25, -0.2) is 0 Å². The molecule has 1 aromatic heterocycles. The number of benzene rings is 10. The number of fused-ring (bicyclic) bond motifs is 12. The van der Waals surface area contributed by atoms with Gasteiger partial charge in [-0.15, -0.1) is 0 Å². The minimum Gasteiger partial charge on any atom is -0.309 e. The van der Waals surface area contributed by atoms with Crippen molar-refractivity contribution in [2.45, 2.75) is 0 Å². The molecule has 0 unspecified atom stereocenters. The number of nitrogens with zero attached hydrogens (tertiary/aromatic N) is 1. The lowest BCUT2D eigenvalue weighted by Crippen LogP contribution is -2.55. The van der Waals surface area contributed by atoms with Crippen LogP contribution in [0.25, 0.3) is 72.0 Å². The molecule has 0 amide bonds. The fraction of sp³-hybridized carbons (Fsp3) is 0. The summed E-state index contributed by atoms with van der Waals surface area (Å²) in [5, 5.41) is 2.54. The van der Waals surface area contributed by atoms with Crippen molar-refractivity contribution in [3.63, 3.8) is 0 Å². The maximum atomic E-state index is 2.59. The SMILES string of the molecule is c1ccc2c(c1)B(c1ccc(-c3ccc(-n4c5ccccc5c5ccccc54)cc3B3c4ccccc4-c4ccccc43)c(B3c4ccccc4-c4ccccc43)c1)c1ccccc1-2. The zero-order chi connectivity index (χ0) is 41.9. The summed E-state index contributed by atoms with van der Waals surface area (Å²) in [6.07, 6.45) is 0. The fourth-order valence-electron chi connectivity index (χ4n) is 12.1. The lowest BCUT2D eigenvalue weighted by molar-refractivity contribution is 1.18. The third-order valence-corrected chi connectivity index (χ3v) is 14.7. The van der Waals surface area contributed by atoms with Gasteiger partial charge in [-0.1, -0.05) is 255 Å². The molecular weight excluding hydrogens is 767 g/mol. The minimum absolute atomic E-state index is 0.0414. The van der Waals surface area contributed by atoms with Crippen LogP contribution in [0.5, 0.6) is 0 Å². The van der Waals surface area contributed by atoms with E-state index < -0.39 is 0 Å². The van der Waals surface area contributed by atoms with E-state index in [2.05, 4.69) is 235 Å². The monoisotopic (exact) mass is 805 g/mol. The van der Waals surface area contributed by atoms with Crippen molar-refractivity contribution in [3.05, 3.63) is 231 Å². The van der Waals surface area contributed by atoms with Crippen molar-refractivity contribution >= 4 is 91.1 Å². The zero-order valence-electron chi connectivity index (χ0n) is 35.1. The molecule has 3 aliphatic heterocycles. The molecule has 0 fully saturated rings. The number of para-hydroxylation sites is 2. The molecule has 4 heteroatoms. The van der Waals surface area contributed by atoms with Crippen LogP contribution in [0.15, 0.2) is 231 Å². The third kappa shape index (κ3) is 5.05. The Morgan fingerprint density at radius 3 is 0.969 bits per heavy atom. The van der Waals surface area contributed by atoms with E-state index in [0.717, 1.165) is 0 Å². The second kappa shape index (κ2) is 13.8. The lowest BCUT2D eigenvalue weighted by Gasteiger charge is -2.24. The van der Waals surface area contributed by atoms with Gasteiger partial charge in [0.25, 0.3) is 0 Å². The van der Waals surface area contributed by atoms with Crippen LogP contribution >= 0.6 is 0 Å². The second-order valence-corrected chi connectivity index (χ2v) is 17.8. The molecule has 10 aromatic carbocycles. The summed E-state index contributed by atoms with van der Waals surface area (Å²) in [5.41, 5.74) is 26.4. The molecule has 14 rings (SSSR count). The van der Waals surface area contributed by atoms with E-state index in [-0.39, 0.29) is 20.1 Å². The molecule has 4 heterocycles. The van der Waals surface area contributed by atoms with E-state index in [1.54, 1.807) is 0 Å². The Hall–Kier alpha value is -7.81. The van der Waals surface area contributed by atoms with Gasteiger partial charge in [0.1, 0.15) is 0 Å². The van der Waals surface area contributed by atoms with Crippen LogP contribution in [-0.4, -0.2) is 24.7 Å². The zero-order valence-corrected chi connectivity index (χ0v) is 35.1. The molecule has 0 bridgehead atoms. The van der Waals surface area contributed by atoms with Gasteiger partial charge in [0, 0.05) is 16.5 Å². The molecule has 0 saturated heterocycles. The Labute approximate surface area is 374 Å². The van der Waals surface area contributed by atoms with Gasteiger partial charge in [-0.05, 0) is 68.8 Å². The third-order valence-electron chi connectivity index (χ3n) is 14.7. The highest BCUT2D eigenvalue weighted by Gasteiger charge is 2.40. The van der Waals surface area contributed by atoms with Gasteiger partial charge in [-0.3, -0.25) is 0 Å². The molecule has 0 aliphatic carbocycles. The van der Waals surface area contributed by atoms with Crippen molar-refractivity contribution in [2.75, 3.05) is 0 Å². The predicted molar refractivity (Wildman–Crippen MR) is 276 cm³/mol. The Morgan fingerprint density at radius 2 is 0.547 bits per heavy atom. The second-order valence-electron chi connectivity index (χ2n) is 17.8. The van der Waals surface area contributed by atoms with Crippen molar-refractivity contribution in [2.24, 2.45) is 0 Å². The summed E-state index contributed by atoms with van der Waals surface area (Å²) in [6, 6.07) is 87.0. The highest BCUT2D eigenvalue weighted by molar-refractivity contribution is 7.02. The van der Waals surface area contributed by atoms with E-state index in [1.165, 1.54) is 121 Å². The van der Waals surface area contributed by atoms with Crippen molar-refractivity contribution in [1.82, 2.24) is 4.57 Å². The van der Waals surface area contributed by atoms with Crippen LogP contribution in [-0.2, 0) is 0 Å². The normalized spacial score (nSPS) is 12.9. The molecule has 0 radical (unpaired) electrons. The molecule has 0 saturated carbocycles. The lowest BCUT2D eigenvalue weighted by atomic mass is 9.34. The topological polar surface area (TPSA) is 4.93 Å². The largest absolute Gasteiger partial charge is 0.309 e. The smallest absolute Gasteiger partial charge is 0.243 e. The van der Waals surface area contributed by atoms with Crippen molar-refractivity contribution in [3.8, 4) is 50.2 Å². The molecular formula is C60H38B3N. The molecule has 0 spiro atoms. The number of hydrogen-bond acceptors (Lipinski definition) is 0. The predicted octanol–water partition coefficient (Wildman–Crippen LogP) is 7.94. The molecule has 292 valence electrons. The van der Waals surface area contributed by atoms with E-state index in [1.807, 2.05) is 0 Å². The first-order valence-electron chi connectivity index (χ1n) is 22.6. The number of hydrogen-bond donors (Lipinski definition) is 0. The minimum atomic E-state index is 0.0414. The van der Waals surface area contributed by atoms with E-state index in [4.69, 9.17) is 0 Å². The van der Waals surface area contributed by atoms with E-state index >= 15 is 0 Å². The maximum absolute atomic E-state index is 2.59. The number of rotatable bonds is 5. The Bertz CT molecular complexity index is 3540. The van der Waals surface area contributed by atoms with Crippen LogP contribution in [0, 0.1) is 0 Å². The summed E-state index contributed by atoms with van der Waals surface area (Å²) in [5.74, 6) is 0. The quantitative estimate of drug-likeness (QED) is 0.156. The summed E-state index contributed by atoms with van der Waals surface area (Å²) in [4.78, 5) is 0. The molecule has 64 heavy (non-hydrogen) atoms. The summed E-state index contributed by atoms with van der Waals surface area (Å²) < 4.78 is 2.48. The van der Waals surface area contributed by atoms with Gasteiger partial charge < -0.3 is 4.57 Å². The Balaban J connectivity index is 1.07. The number of aromatic nitrogens is 1. The van der Waals surface area contributed by atoms with Crippen LogP contribution < -0.4 is 49.2 Å². The van der Waals surface area contributed by atoms with Crippen LogP contribution in [0.1, 0.15) is 0 Å². The van der Waals surface area contributed by atoms with Gasteiger partial charge in [0.05, 0.1) is 11.0 Å². The fourth-order valence-corrected chi connectivity index (χ4v) is 12.1. The average molecular weight is 805 g/mol. The van der Waals surface area contributed by atoms with Crippen LogP contribution in [0.2, 0.25) is 0 Å². The molecule has 0 N–H and O–H groups in total. The maximum Gasteiger partial charge on any atom is 0.243 e. The first-order chi connectivity index (χ1) is 31.8. The Kier molecular flexibility index (Phi) is 7.74. The molecule has 0 atom stereocenters. The highest BCUT2D eigenvalue weighted by Crippen LogP contribution is 2.34. The molecule has 3 aliphatic rings. The van der Waals surface area contributed by atoms with Crippen molar-refractivity contribution in [1.29, 1.82) is 0 Å². The summed E-state index contributed by atoms with van der Waals surface area (Å²) in [7, 11) is 0. The van der Waals surface area contributed by atoms with E-state index in [0.29, 0.717) is 0 Å². The van der Waals surface area contributed by atoms with Crippen LogP contribution in [0.3, 0.4) is 0 Å². The van der Waals surface area contributed by atoms with Gasteiger partial charge in [-0.2, -0.15) is 0 Å². The standard InChI is InChI=1S/C60H38B3N/c1-9-25-51-41(17-1)42-18-2-10-26-52(42)61(51)39-33-35-47(57(37-39)62-53-27-11-3-19-43(53)44-20-4-12-28-54(44)62)48-36-34-40(64-59-31-15-7-23-49(59)50-24-8-16-32-60(50)64)38-58(48)63-55-29-13-5-21-45(55)46-22-6-14-30-56(46)63/h1-38H. The van der Waals surface area contributed by atoms with Crippen LogP contribution in [0.4, 0.5) is 0 Å². The summed E-state index contributed by atoms with van der Waals surface area (Å²) >= 11 is 0. The summed E-state index contributed by atoms with van der Waals surface area (Å²) in [6.45, 7) is 0.236. The van der Waals surface area contributed by atoms with Crippen molar-refractivity contribution < 1.29 is 0 Å². The van der Waals surface area contributed by atoms with Gasteiger partial charge in [0.15, 0.2) is 0 Å². The highest BCUT2D eigenvalue weighted by atomic mass is 15.0. The molecule has 11 aromatic rings. The van der Waals surface area contributed by atoms with Gasteiger partial charge >= 0.3 is 0 Å².